The van der Waals surface area contributed by atoms with Gasteiger partial charge in [0.05, 0.1) is 32.2 Å². The van der Waals surface area contributed by atoms with Gasteiger partial charge in [0.2, 0.25) is 0 Å². The summed E-state index contributed by atoms with van der Waals surface area (Å²) in [7, 11) is 1.57. The fourth-order valence-electron chi connectivity index (χ4n) is 3.90. The zero-order valence-corrected chi connectivity index (χ0v) is 18.0. The highest BCUT2D eigenvalue weighted by atomic mass is 32.2. The van der Waals surface area contributed by atoms with Crippen molar-refractivity contribution in [2.75, 3.05) is 38.0 Å². The standard InChI is InChI=1S/C21H23N3O5S/c1-4-28-19(26)15-11-22-20(30-3)23-18(15)24-8-7-21(12-24)10-16(25)14-9-13(27-2)5-6-17(14)29-21/h5-6,9,11H,4,7-8,10,12H2,1-3H3. The van der Waals surface area contributed by atoms with Crippen molar-refractivity contribution >= 4 is 29.3 Å². The molecule has 2 aliphatic rings. The zero-order valence-electron chi connectivity index (χ0n) is 17.1. The van der Waals surface area contributed by atoms with E-state index in [1.54, 1.807) is 32.2 Å². The molecule has 4 rings (SSSR count). The van der Waals surface area contributed by atoms with Crippen LogP contribution in [0.4, 0.5) is 5.82 Å². The molecular formula is C21H23N3O5S. The van der Waals surface area contributed by atoms with Crippen LogP contribution in [0.15, 0.2) is 29.6 Å². The third-order valence-electron chi connectivity index (χ3n) is 5.34. The monoisotopic (exact) mass is 429 g/mol. The van der Waals surface area contributed by atoms with E-state index in [1.165, 1.54) is 18.0 Å². The molecule has 1 saturated heterocycles. The van der Waals surface area contributed by atoms with Crippen LogP contribution >= 0.6 is 11.8 Å². The summed E-state index contributed by atoms with van der Waals surface area (Å²) in [6.45, 7) is 3.08. The van der Waals surface area contributed by atoms with Crippen molar-refractivity contribution in [2.45, 2.75) is 30.5 Å². The van der Waals surface area contributed by atoms with Gasteiger partial charge in [0.1, 0.15) is 28.5 Å². The molecule has 0 saturated carbocycles. The van der Waals surface area contributed by atoms with Crippen molar-refractivity contribution in [3.63, 3.8) is 0 Å². The summed E-state index contributed by atoms with van der Waals surface area (Å²) in [5, 5.41) is 0.567. The number of carbonyl (C=O) groups is 2. The normalized spacial score (nSPS) is 20.1. The van der Waals surface area contributed by atoms with Crippen molar-refractivity contribution in [1.82, 2.24) is 9.97 Å². The van der Waals surface area contributed by atoms with Gasteiger partial charge in [0, 0.05) is 19.2 Å². The lowest BCUT2D eigenvalue weighted by Crippen LogP contribution is -2.44. The van der Waals surface area contributed by atoms with Gasteiger partial charge in [0.25, 0.3) is 0 Å². The number of rotatable bonds is 5. The average molecular weight is 429 g/mol. The Hall–Kier alpha value is -2.81. The number of hydrogen-bond donors (Lipinski definition) is 0. The summed E-state index contributed by atoms with van der Waals surface area (Å²) in [6.07, 6.45) is 4.29. The van der Waals surface area contributed by atoms with E-state index in [0.29, 0.717) is 53.1 Å². The first-order valence-electron chi connectivity index (χ1n) is 9.72. The first-order chi connectivity index (χ1) is 14.5. The van der Waals surface area contributed by atoms with Crippen molar-refractivity contribution in [3.05, 3.63) is 35.5 Å². The molecule has 1 spiro atoms. The van der Waals surface area contributed by atoms with E-state index in [0.717, 1.165) is 0 Å². The Bertz CT molecular complexity index is 999. The van der Waals surface area contributed by atoms with Gasteiger partial charge >= 0.3 is 5.97 Å². The first-order valence-corrected chi connectivity index (χ1v) is 10.9. The molecule has 1 aromatic heterocycles. The van der Waals surface area contributed by atoms with Gasteiger partial charge in [-0.2, -0.15) is 0 Å². The second-order valence-corrected chi connectivity index (χ2v) is 8.01. The molecule has 3 heterocycles. The van der Waals surface area contributed by atoms with Crippen LogP contribution in [0.1, 0.15) is 40.5 Å². The Morgan fingerprint density at radius 3 is 2.97 bits per heavy atom. The van der Waals surface area contributed by atoms with Gasteiger partial charge < -0.3 is 19.1 Å². The average Bonchev–Trinajstić information content (AvgIpc) is 3.16. The third-order valence-corrected chi connectivity index (χ3v) is 5.90. The molecule has 0 N–H and O–H groups in total. The molecule has 30 heavy (non-hydrogen) atoms. The predicted molar refractivity (Wildman–Crippen MR) is 112 cm³/mol. The van der Waals surface area contributed by atoms with Crippen LogP contribution in [0, 0.1) is 0 Å². The summed E-state index contributed by atoms with van der Waals surface area (Å²) in [5.74, 6) is 1.27. The van der Waals surface area contributed by atoms with E-state index in [4.69, 9.17) is 14.2 Å². The van der Waals surface area contributed by atoms with E-state index < -0.39 is 11.6 Å². The predicted octanol–water partition coefficient (Wildman–Crippen LogP) is 3.00. The van der Waals surface area contributed by atoms with Crippen molar-refractivity contribution < 1.29 is 23.8 Å². The van der Waals surface area contributed by atoms with Crippen LogP contribution in [-0.2, 0) is 4.74 Å². The maximum Gasteiger partial charge on any atom is 0.343 e. The largest absolute Gasteiger partial charge is 0.497 e. The van der Waals surface area contributed by atoms with E-state index in [1.807, 2.05) is 11.2 Å². The molecule has 158 valence electrons. The van der Waals surface area contributed by atoms with Gasteiger partial charge in [0.15, 0.2) is 10.9 Å². The second kappa shape index (κ2) is 8.14. The Morgan fingerprint density at radius 2 is 2.23 bits per heavy atom. The third kappa shape index (κ3) is 3.69. The van der Waals surface area contributed by atoms with Crippen molar-refractivity contribution in [1.29, 1.82) is 0 Å². The Kier molecular flexibility index (Phi) is 5.55. The van der Waals surface area contributed by atoms with Crippen LogP contribution in [0.2, 0.25) is 0 Å². The summed E-state index contributed by atoms with van der Waals surface area (Å²) in [6, 6.07) is 5.27. The molecule has 1 atom stereocenters. The fraction of sp³-hybridized carbons (Fsp3) is 0.429. The Morgan fingerprint density at radius 1 is 1.40 bits per heavy atom. The van der Waals surface area contributed by atoms with Gasteiger partial charge in [-0.3, -0.25) is 4.79 Å². The summed E-state index contributed by atoms with van der Waals surface area (Å²) >= 11 is 1.40. The minimum absolute atomic E-state index is 0.0232. The highest BCUT2D eigenvalue weighted by Gasteiger charge is 2.47. The summed E-state index contributed by atoms with van der Waals surface area (Å²) in [5.41, 5.74) is 0.200. The van der Waals surface area contributed by atoms with E-state index in [-0.39, 0.29) is 18.8 Å². The highest BCUT2D eigenvalue weighted by Crippen LogP contribution is 2.41. The Labute approximate surface area is 178 Å². The molecule has 9 heteroatoms. The van der Waals surface area contributed by atoms with Crippen LogP contribution in [-0.4, -0.2) is 60.4 Å². The quantitative estimate of drug-likeness (QED) is 0.404. The number of nitrogens with zero attached hydrogens (tertiary/aromatic N) is 3. The number of fused-ring (bicyclic) bond motifs is 1. The SMILES string of the molecule is CCOC(=O)c1cnc(SC)nc1N1CCC2(CC(=O)c3cc(OC)ccc3O2)C1. The molecule has 0 amide bonds. The molecule has 8 nitrogen and oxygen atoms in total. The van der Waals surface area contributed by atoms with E-state index in [9.17, 15) is 9.59 Å². The number of anilines is 1. The van der Waals surface area contributed by atoms with E-state index >= 15 is 0 Å². The van der Waals surface area contributed by atoms with Crippen LogP contribution < -0.4 is 14.4 Å². The number of carbonyl (C=O) groups excluding carboxylic acids is 2. The molecule has 2 aliphatic heterocycles. The molecule has 0 radical (unpaired) electrons. The number of ketones is 1. The number of benzene rings is 1. The lowest BCUT2D eigenvalue weighted by atomic mass is 9.89. The molecule has 0 aliphatic carbocycles. The first kappa shape index (κ1) is 20.5. The fourth-order valence-corrected chi connectivity index (χ4v) is 4.24. The maximum atomic E-state index is 12.9. The number of esters is 1. The highest BCUT2D eigenvalue weighted by molar-refractivity contribution is 7.98. The van der Waals surface area contributed by atoms with Crippen LogP contribution in [0.3, 0.4) is 0 Å². The number of Topliss-reactive ketones (excluding diaryl/α,β-unsaturated/α-hetero) is 1. The minimum atomic E-state index is -0.658. The number of thioether (sulfide) groups is 1. The Balaban J connectivity index is 1.63. The van der Waals surface area contributed by atoms with Gasteiger partial charge in [-0.15, -0.1) is 0 Å². The number of methoxy groups -OCH3 is 1. The topological polar surface area (TPSA) is 90.9 Å². The summed E-state index contributed by atoms with van der Waals surface area (Å²) < 4.78 is 16.7. The lowest BCUT2D eigenvalue weighted by Gasteiger charge is -2.35. The second-order valence-electron chi connectivity index (χ2n) is 7.23. The summed E-state index contributed by atoms with van der Waals surface area (Å²) in [4.78, 5) is 36.1. The molecule has 1 unspecified atom stereocenters. The van der Waals surface area contributed by atoms with Crippen LogP contribution in [0.25, 0.3) is 0 Å². The van der Waals surface area contributed by atoms with Gasteiger partial charge in [-0.05, 0) is 31.4 Å². The minimum Gasteiger partial charge on any atom is -0.497 e. The molecule has 0 bridgehead atoms. The lowest BCUT2D eigenvalue weighted by molar-refractivity contribution is 0.0513. The van der Waals surface area contributed by atoms with Crippen LogP contribution in [0.5, 0.6) is 11.5 Å². The van der Waals surface area contributed by atoms with Crippen molar-refractivity contribution in [3.8, 4) is 11.5 Å². The maximum absolute atomic E-state index is 12.9. The molecular weight excluding hydrogens is 406 g/mol. The molecule has 2 aromatic rings. The smallest absolute Gasteiger partial charge is 0.343 e. The van der Waals surface area contributed by atoms with Gasteiger partial charge in [-0.1, -0.05) is 11.8 Å². The number of hydrogen-bond acceptors (Lipinski definition) is 9. The zero-order chi connectivity index (χ0) is 21.3. The number of ether oxygens (including phenoxy) is 3. The van der Waals surface area contributed by atoms with Gasteiger partial charge in [-0.25, -0.2) is 14.8 Å². The van der Waals surface area contributed by atoms with Crippen molar-refractivity contribution in [2.24, 2.45) is 0 Å². The molecule has 1 fully saturated rings. The molecule has 1 aromatic carbocycles. The van der Waals surface area contributed by atoms with E-state index in [2.05, 4.69) is 9.97 Å². The number of aromatic nitrogens is 2.